The van der Waals surface area contributed by atoms with E-state index in [4.69, 9.17) is 16.3 Å². The van der Waals surface area contributed by atoms with Crippen LogP contribution in [0.1, 0.15) is 32.6 Å². The molecule has 1 saturated heterocycles. The van der Waals surface area contributed by atoms with Gasteiger partial charge in [0.1, 0.15) is 0 Å². The molecule has 1 rings (SSSR count). The number of halogens is 1. The van der Waals surface area contributed by atoms with Crippen molar-refractivity contribution in [2.45, 2.75) is 32.6 Å². The van der Waals surface area contributed by atoms with E-state index in [0.29, 0.717) is 18.4 Å². The van der Waals surface area contributed by atoms with Crippen LogP contribution < -0.4 is 5.32 Å². The zero-order valence-corrected chi connectivity index (χ0v) is 10.8. The molecule has 0 aliphatic carbocycles. The highest BCUT2D eigenvalue weighted by molar-refractivity contribution is 6.17. The van der Waals surface area contributed by atoms with Crippen molar-refractivity contribution >= 4 is 17.5 Å². The van der Waals surface area contributed by atoms with Gasteiger partial charge in [-0.15, -0.1) is 11.6 Å². The van der Waals surface area contributed by atoms with Crippen LogP contribution in [0.5, 0.6) is 0 Å². The largest absolute Gasteiger partial charge is 0.381 e. The van der Waals surface area contributed by atoms with Crippen LogP contribution in [0.3, 0.4) is 0 Å². The van der Waals surface area contributed by atoms with Crippen LogP contribution in [0, 0.1) is 11.8 Å². The van der Waals surface area contributed by atoms with E-state index in [1.54, 1.807) is 0 Å². The van der Waals surface area contributed by atoms with Gasteiger partial charge in [0.15, 0.2) is 0 Å². The number of amides is 1. The Hall–Kier alpha value is -0.280. The van der Waals surface area contributed by atoms with Crippen LogP contribution in [-0.4, -0.2) is 31.5 Å². The Morgan fingerprint density at radius 1 is 1.56 bits per heavy atom. The zero-order chi connectivity index (χ0) is 11.8. The van der Waals surface area contributed by atoms with E-state index in [1.165, 1.54) is 0 Å². The first kappa shape index (κ1) is 13.8. The van der Waals surface area contributed by atoms with Gasteiger partial charge in [-0.3, -0.25) is 4.79 Å². The van der Waals surface area contributed by atoms with E-state index in [2.05, 4.69) is 12.2 Å². The van der Waals surface area contributed by atoms with Crippen LogP contribution in [0.15, 0.2) is 0 Å². The number of hydrogen-bond donors (Lipinski definition) is 1. The molecule has 2 unspecified atom stereocenters. The summed E-state index contributed by atoms with van der Waals surface area (Å²) in [4.78, 5) is 11.7. The molecule has 1 aliphatic heterocycles. The molecule has 2 atom stereocenters. The predicted octanol–water partition coefficient (Wildman–Crippen LogP) is 2.18. The molecule has 3 nitrogen and oxygen atoms in total. The summed E-state index contributed by atoms with van der Waals surface area (Å²) < 4.78 is 5.20. The zero-order valence-electron chi connectivity index (χ0n) is 10.0. The van der Waals surface area contributed by atoms with Crippen LogP contribution in [0.25, 0.3) is 0 Å². The molecule has 1 N–H and O–H groups in total. The molecule has 1 amide bonds. The molecular weight excluding hydrogens is 226 g/mol. The maximum atomic E-state index is 11.7. The summed E-state index contributed by atoms with van der Waals surface area (Å²) in [6.07, 6.45) is 4.12. The van der Waals surface area contributed by atoms with Gasteiger partial charge in [-0.05, 0) is 25.2 Å². The minimum atomic E-state index is 0.0679. The number of carbonyl (C=O) groups excluding carboxylic acids is 1. The second-order valence-electron chi connectivity index (χ2n) is 4.44. The minimum absolute atomic E-state index is 0.0679. The van der Waals surface area contributed by atoms with Gasteiger partial charge >= 0.3 is 0 Å². The summed E-state index contributed by atoms with van der Waals surface area (Å²) in [6.45, 7) is 4.22. The summed E-state index contributed by atoms with van der Waals surface area (Å²) in [5.74, 6) is 1.41. The molecule has 1 aliphatic rings. The van der Waals surface area contributed by atoms with Crippen molar-refractivity contribution < 1.29 is 9.53 Å². The van der Waals surface area contributed by atoms with E-state index in [0.717, 1.165) is 38.8 Å². The van der Waals surface area contributed by atoms with Crippen molar-refractivity contribution in [3.8, 4) is 0 Å². The minimum Gasteiger partial charge on any atom is -0.381 e. The smallest absolute Gasteiger partial charge is 0.225 e. The van der Waals surface area contributed by atoms with Crippen molar-refractivity contribution in [2.24, 2.45) is 11.8 Å². The third-order valence-electron chi connectivity index (χ3n) is 3.08. The fourth-order valence-electron chi connectivity index (χ4n) is 2.04. The second-order valence-corrected chi connectivity index (χ2v) is 4.82. The van der Waals surface area contributed by atoms with Gasteiger partial charge in [-0.1, -0.05) is 13.3 Å². The molecule has 0 saturated carbocycles. The standard InChI is InChI=1S/C12H22ClNO2/c1-2-3-10(4-6-13)8-14-12(15)11-5-7-16-9-11/h10-11H,2-9H2,1H3,(H,14,15). The van der Waals surface area contributed by atoms with Crippen LogP contribution in [0.4, 0.5) is 0 Å². The third kappa shape index (κ3) is 4.71. The van der Waals surface area contributed by atoms with Crippen LogP contribution in [-0.2, 0) is 9.53 Å². The lowest BCUT2D eigenvalue weighted by molar-refractivity contribution is -0.125. The third-order valence-corrected chi connectivity index (χ3v) is 3.30. The SMILES string of the molecule is CCCC(CCCl)CNC(=O)C1CCOC1. The number of carbonyl (C=O) groups is 1. The molecule has 0 radical (unpaired) electrons. The van der Waals surface area contributed by atoms with E-state index < -0.39 is 0 Å². The fourth-order valence-corrected chi connectivity index (χ4v) is 2.35. The lowest BCUT2D eigenvalue weighted by Crippen LogP contribution is -2.34. The number of ether oxygens (including phenoxy) is 1. The second kappa shape index (κ2) is 7.91. The number of rotatable bonds is 7. The Labute approximate surface area is 103 Å². The Morgan fingerprint density at radius 3 is 2.94 bits per heavy atom. The van der Waals surface area contributed by atoms with E-state index >= 15 is 0 Å². The molecular formula is C12H22ClNO2. The van der Waals surface area contributed by atoms with Gasteiger partial charge in [-0.25, -0.2) is 0 Å². The average Bonchev–Trinajstić information content (AvgIpc) is 2.79. The van der Waals surface area contributed by atoms with Crippen LogP contribution >= 0.6 is 11.6 Å². The first-order valence-corrected chi connectivity index (χ1v) is 6.72. The Morgan fingerprint density at radius 2 is 2.38 bits per heavy atom. The quantitative estimate of drug-likeness (QED) is 0.701. The number of hydrogen-bond acceptors (Lipinski definition) is 2. The van der Waals surface area contributed by atoms with Crippen LogP contribution in [0.2, 0.25) is 0 Å². The van der Waals surface area contributed by atoms with Gasteiger partial charge in [0.25, 0.3) is 0 Å². The average molecular weight is 248 g/mol. The highest BCUT2D eigenvalue weighted by Crippen LogP contribution is 2.14. The molecule has 0 aromatic carbocycles. The predicted molar refractivity (Wildman–Crippen MR) is 65.7 cm³/mol. The topological polar surface area (TPSA) is 38.3 Å². The lowest BCUT2D eigenvalue weighted by Gasteiger charge is -2.17. The van der Waals surface area contributed by atoms with Gasteiger partial charge in [-0.2, -0.15) is 0 Å². The summed E-state index contributed by atoms with van der Waals surface area (Å²) in [6, 6.07) is 0. The molecule has 4 heteroatoms. The first-order chi connectivity index (χ1) is 7.77. The first-order valence-electron chi connectivity index (χ1n) is 6.19. The maximum Gasteiger partial charge on any atom is 0.225 e. The molecule has 0 aromatic heterocycles. The molecule has 16 heavy (non-hydrogen) atoms. The molecule has 94 valence electrons. The van der Waals surface area contributed by atoms with Crippen molar-refractivity contribution in [1.29, 1.82) is 0 Å². The lowest BCUT2D eigenvalue weighted by atomic mass is 10.00. The van der Waals surface area contributed by atoms with Crippen molar-refractivity contribution in [3.63, 3.8) is 0 Å². The van der Waals surface area contributed by atoms with Gasteiger partial charge < -0.3 is 10.1 Å². The summed E-state index contributed by atoms with van der Waals surface area (Å²) in [5, 5.41) is 3.02. The van der Waals surface area contributed by atoms with E-state index in [1.807, 2.05) is 0 Å². The summed E-state index contributed by atoms with van der Waals surface area (Å²) in [7, 11) is 0. The van der Waals surface area contributed by atoms with E-state index in [9.17, 15) is 4.79 Å². The molecule has 1 fully saturated rings. The monoisotopic (exact) mass is 247 g/mol. The van der Waals surface area contributed by atoms with E-state index in [-0.39, 0.29) is 11.8 Å². The maximum absolute atomic E-state index is 11.7. The van der Waals surface area contributed by atoms with Gasteiger partial charge in [0.05, 0.1) is 12.5 Å². The normalized spacial score (nSPS) is 22.0. The molecule has 0 aromatic rings. The number of alkyl halides is 1. The highest BCUT2D eigenvalue weighted by Gasteiger charge is 2.23. The van der Waals surface area contributed by atoms with Gasteiger partial charge in [0, 0.05) is 19.0 Å². The van der Waals surface area contributed by atoms with Gasteiger partial charge in [0.2, 0.25) is 5.91 Å². The van der Waals surface area contributed by atoms with Crippen molar-refractivity contribution in [3.05, 3.63) is 0 Å². The number of nitrogens with one attached hydrogen (secondary N) is 1. The molecule has 0 spiro atoms. The highest BCUT2D eigenvalue weighted by atomic mass is 35.5. The fraction of sp³-hybridized carbons (Fsp3) is 0.917. The van der Waals surface area contributed by atoms with Crippen molar-refractivity contribution in [1.82, 2.24) is 5.32 Å². The summed E-state index contributed by atoms with van der Waals surface area (Å²) in [5.41, 5.74) is 0. The van der Waals surface area contributed by atoms with Crippen molar-refractivity contribution in [2.75, 3.05) is 25.6 Å². The molecule has 0 bridgehead atoms. The Bertz CT molecular complexity index is 199. The Balaban J connectivity index is 2.21. The Kier molecular flexibility index (Phi) is 6.81. The summed E-state index contributed by atoms with van der Waals surface area (Å²) >= 11 is 5.74. The molecule has 1 heterocycles.